The van der Waals surface area contributed by atoms with Crippen molar-refractivity contribution in [1.29, 1.82) is 0 Å². The van der Waals surface area contributed by atoms with E-state index in [1.807, 2.05) is 36.4 Å². The normalized spacial score (nSPS) is 18.9. The number of hydrogen-bond acceptors (Lipinski definition) is 11. The Balaban J connectivity index is 0.986. The number of aromatic nitrogens is 2. The second kappa shape index (κ2) is 18.6. The summed E-state index contributed by atoms with van der Waals surface area (Å²) >= 11 is 0. The Kier molecular flexibility index (Phi) is 13.4. The van der Waals surface area contributed by atoms with Crippen molar-refractivity contribution in [2.24, 2.45) is 5.41 Å². The predicted octanol–water partition coefficient (Wildman–Crippen LogP) is 4.79. The van der Waals surface area contributed by atoms with Crippen LogP contribution in [0.2, 0.25) is 0 Å². The SMILES string of the molecule is CNC(=O)C(CCC=O)N(C)C(=O)C1=CC(N[C@H]2C[C@@H](Oc3ccc(C(C)(C)c4ccc(OCc5ccnc(NCC6(C)CNC6)n5)cc4)cc3)C2)=CCC=C1C=O. The summed E-state index contributed by atoms with van der Waals surface area (Å²) in [6.07, 6.45) is 10.8. The Hall–Kier alpha value is -5.82. The lowest BCUT2D eigenvalue weighted by molar-refractivity contribution is -0.136. The van der Waals surface area contributed by atoms with Gasteiger partial charge in [0.1, 0.15) is 36.5 Å². The molecule has 13 heteroatoms. The topological polar surface area (TPSA) is 164 Å². The molecule has 2 fully saturated rings. The zero-order valence-corrected chi connectivity index (χ0v) is 34.0. The molecule has 1 atom stereocenters. The van der Waals surface area contributed by atoms with Crippen LogP contribution in [0, 0.1) is 5.41 Å². The molecule has 3 aromatic rings. The van der Waals surface area contributed by atoms with Crippen molar-refractivity contribution < 1.29 is 28.7 Å². The van der Waals surface area contributed by atoms with Gasteiger partial charge in [-0.3, -0.25) is 14.4 Å². The maximum atomic E-state index is 13.6. The van der Waals surface area contributed by atoms with Crippen LogP contribution in [0.15, 0.2) is 95.9 Å². The first kappa shape index (κ1) is 41.8. The van der Waals surface area contributed by atoms with Crippen LogP contribution in [0.4, 0.5) is 5.95 Å². The summed E-state index contributed by atoms with van der Waals surface area (Å²) in [5.41, 5.74) is 4.28. The number of nitrogens with zero attached hydrogens (tertiary/aromatic N) is 3. The second-order valence-electron chi connectivity index (χ2n) is 16.2. The standard InChI is InChI=1S/C45H55N7O6/c1-44(2,31-11-15-36(16-12-31)57-26-34-19-20-48-43(51-34)49-29-45(3)27-47-28-45)32-13-17-37(18-14-32)58-38-22-35(23-38)50-33-9-6-8-30(25-54)39(24-33)42(56)52(5)40(10-7-21-53)41(55)46-4/h8-9,11-21,24-25,35,38,40,47,50H,6-7,10,22-23,26-29H2,1-5H3,(H,46,55)(H,48,49,51)/t35-,38+,40?. The summed E-state index contributed by atoms with van der Waals surface area (Å²) in [7, 11) is 3.00. The number of carbonyl (C=O) groups excluding carboxylic acids is 4. The number of ether oxygens (including phenoxy) is 2. The number of amides is 2. The number of anilines is 1. The van der Waals surface area contributed by atoms with Crippen molar-refractivity contribution in [2.75, 3.05) is 39.0 Å². The quantitative estimate of drug-likeness (QED) is 0.124. The van der Waals surface area contributed by atoms with Crippen LogP contribution in [0.5, 0.6) is 11.5 Å². The summed E-state index contributed by atoms with van der Waals surface area (Å²) in [4.78, 5) is 59.4. The van der Waals surface area contributed by atoms with Gasteiger partial charge in [0.15, 0.2) is 6.29 Å². The lowest BCUT2D eigenvalue weighted by atomic mass is 9.78. The van der Waals surface area contributed by atoms with Crippen LogP contribution in [-0.2, 0) is 31.2 Å². The number of allylic oxidation sites excluding steroid dienone is 3. The molecule has 58 heavy (non-hydrogen) atoms. The van der Waals surface area contributed by atoms with E-state index in [4.69, 9.17) is 9.47 Å². The fraction of sp³-hybridized carbons (Fsp3) is 0.422. The average Bonchev–Trinajstić information content (AvgIpc) is 3.42. The molecule has 2 aliphatic carbocycles. The molecular formula is C45H55N7O6. The molecule has 2 aromatic carbocycles. The number of hydrogen-bond donors (Lipinski definition) is 4. The van der Waals surface area contributed by atoms with Gasteiger partial charge in [0.2, 0.25) is 11.9 Å². The van der Waals surface area contributed by atoms with Crippen LogP contribution in [0.25, 0.3) is 0 Å². The first-order valence-electron chi connectivity index (χ1n) is 19.9. The van der Waals surface area contributed by atoms with Crippen molar-refractivity contribution in [2.45, 2.75) is 83.1 Å². The van der Waals surface area contributed by atoms with Crippen molar-refractivity contribution in [3.63, 3.8) is 0 Å². The van der Waals surface area contributed by atoms with E-state index >= 15 is 0 Å². The smallest absolute Gasteiger partial charge is 0.255 e. The van der Waals surface area contributed by atoms with E-state index in [0.29, 0.717) is 25.3 Å². The molecule has 4 N–H and O–H groups in total. The van der Waals surface area contributed by atoms with E-state index < -0.39 is 11.9 Å². The molecule has 0 radical (unpaired) electrons. The third-order valence-corrected chi connectivity index (χ3v) is 11.3. The summed E-state index contributed by atoms with van der Waals surface area (Å²) in [5.74, 6) is 1.34. The van der Waals surface area contributed by atoms with Gasteiger partial charge in [0, 0.05) is 87.3 Å². The van der Waals surface area contributed by atoms with Crippen molar-refractivity contribution in [3.05, 3.63) is 113 Å². The number of rotatable bonds is 19. The Morgan fingerprint density at radius 2 is 1.71 bits per heavy atom. The number of carbonyl (C=O) groups is 4. The molecule has 6 rings (SSSR count). The largest absolute Gasteiger partial charge is 0.490 e. The van der Waals surface area contributed by atoms with Gasteiger partial charge in [-0.05, 0) is 60.4 Å². The highest BCUT2D eigenvalue weighted by Crippen LogP contribution is 2.35. The lowest BCUT2D eigenvalue weighted by Gasteiger charge is -2.39. The van der Waals surface area contributed by atoms with E-state index in [-0.39, 0.29) is 52.9 Å². The molecule has 1 unspecified atom stereocenters. The molecule has 1 saturated heterocycles. The van der Waals surface area contributed by atoms with Gasteiger partial charge in [-0.25, -0.2) is 9.97 Å². The summed E-state index contributed by atoms with van der Waals surface area (Å²) < 4.78 is 12.4. The third kappa shape index (κ3) is 10.2. The van der Waals surface area contributed by atoms with Gasteiger partial charge < -0.3 is 40.4 Å². The molecular weight excluding hydrogens is 735 g/mol. The van der Waals surface area contributed by atoms with E-state index in [1.54, 1.807) is 18.3 Å². The van der Waals surface area contributed by atoms with E-state index in [9.17, 15) is 19.2 Å². The highest BCUT2D eigenvalue weighted by Gasteiger charge is 2.34. The van der Waals surface area contributed by atoms with Crippen molar-refractivity contribution in [3.8, 4) is 11.5 Å². The molecule has 13 nitrogen and oxygen atoms in total. The van der Waals surface area contributed by atoms with Crippen LogP contribution >= 0.6 is 0 Å². The van der Waals surface area contributed by atoms with Crippen molar-refractivity contribution >= 4 is 30.3 Å². The van der Waals surface area contributed by atoms with Gasteiger partial charge in [-0.1, -0.05) is 57.2 Å². The van der Waals surface area contributed by atoms with Crippen LogP contribution in [0.3, 0.4) is 0 Å². The Morgan fingerprint density at radius 3 is 2.33 bits per heavy atom. The summed E-state index contributed by atoms with van der Waals surface area (Å²) in [5, 5.41) is 12.7. The average molecular weight is 790 g/mol. The molecule has 0 bridgehead atoms. The molecule has 1 aliphatic heterocycles. The molecule has 1 aromatic heterocycles. The monoisotopic (exact) mass is 789 g/mol. The molecule has 306 valence electrons. The molecule has 2 heterocycles. The minimum Gasteiger partial charge on any atom is -0.490 e. The van der Waals surface area contributed by atoms with Gasteiger partial charge in [0.25, 0.3) is 5.91 Å². The van der Waals surface area contributed by atoms with E-state index in [1.165, 1.54) is 19.0 Å². The zero-order valence-electron chi connectivity index (χ0n) is 34.0. The zero-order chi connectivity index (χ0) is 41.3. The first-order valence-corrected chi connectivity index (χ1v) is 19.9. The lowest BCUT2D eigenvalue weighted by Crippen LogP contribution is -2.55. The van der Waals surface area contributed by atoms with Gasteiger partial charge >= 0.3 is 0 Å². The molecule has 0 spiro atoms. The van der Waals surface area contributed by atoms with Gasteiger partial charge in [0.05, 0.1) is 11.3 Å². The highest BCUT2D eigenvalue weighted by atomic mass is 16.5. The van der Waals surface area contributed by atoms with E-state index in [2.05, 4.69) is 76.3 Å². The Labute approximate surface area is 340 Å². The summed E-state index contributed by atoms with van der Waals surface area (Å²) in [6, 6.07) is 17.6. The van der Waals surface area contributed by atoms with Crippen LogP contribution in [0.1, 0.15) is 69.7 Å². The highest BCUT2D eigenvalue weighted by molar-refractivity contribution is 6.06. The second-order valence-corrected chi connectivity index (χ2v) is 16.2. The molecule has 3 aliphatic rings. The van der Waals surface area contributed by atoms with Crippen LogP contribution in [-0.4, -0.2) is 91.2 Å². The van der Waals surface area contributed by atoms with Crippen molar-refractivity contribution in [1.82, 2.24) is 30.8 Å². The number of likely N-dealkylation sites (N-methyl/N-ethyl adjacent to an activating group) is 2. The van der Waals surface area contributed by atoms with Gasteiger partial charge in [-0.15, -0.1) is 0 Å². The summed E-state index contributed by atoms with van der Waals surface area (Å²) in [6.45, 7) is 9.79. The Bertz CT molecular complexity index is 2030. The maximum absolute atomic E-state index is 13.6. The van der Waals surface area contributed by atoms with Gasteiger partial charge in [-0.2, -0.15) is 0 Å². The molecule has 1 saturated carbocycles. The maximum Gasteiger partial charge on any atom is 0.255 e. The Morgan fingerprint density at radius 1 is 1.02 bits per heavy atom. The minimum absolute atomic E-state index is 0.0276. The number of aldehydes is 2. The third-order valence-electron chi connectivity index (χ3n) is 11.3. The predicted molar refractivity (Wildman–Crippen MR) is 222 cm³/mol. The number of benzene rings is 2. The minimum atomic E-state index is -0.848. The fourth-order valence-corrected chi connectivity index (χ4v) is 7.32. The first-order chi connectivity index (χ1) is 27.9. The fourth-order valence-electron chi connectivity index (χ4n) is 7.32. The molecule has 2 amide bonds. The van der Waals surface area contributed by atoms with E-state index in [0.717, 1.165) is 72.8 Å². The van der Waals surface area contributed by atoms with Crippen LogP contribution < -0.4 is 30.7 Å². The number of nitrogens with one attached hydrogen (secondary N) is 4.